The smallest absolute Gasteiger partial charge is 0.260 e. The van der Waals surface area contributed by atoms with Gasteiger partial charge in [0.1, 0.15) is 5.75 Å². The molecular formula is C22H35NO3. The summed E-state index contributed by atoms with van der Waals surface area (Å²) in [4.78, 5) is 12.3. The number of benzene rings is 1. The van der Waals surface area contributed by atoms with Crippen molar-refractivity contribution >= 4 is 5.91 Å². The predicted molar refractivity (Wildman–Crippen MR) is 106 cm³/mol. The fourth-order valence-electron chi connectivity index (χ4n) is 3.37. The van der Waals surface area contributed by atoms with Gasteiger partial charge in [-0.3, -0.25) is 4.79 Å². The van der Waals surface area contributed by atoms with E-state index in [4.69, 9.17) is 9.47 Å². The molecule has 1 aromatic rings. The molecular weight excluding hydrogens is 326 g/mol. The number of carbonyl (C=O) groups is 1. The van der Waals surface area contributed by atoms with Crippen LogP contribution in [0.1, 0.15) is 76.3 Å². The Morgan fingerprint density at radius 1 is 1.19 bits per heavy atom. The van der Waals surface area contributed by atoms with Crippen molar-refractivity contribution in [2.24, 2.45) is 0 Å². The molecule has 0 heterocycles. The molecule has 1 aliphatic carbocycles. The summed E-state index contributed by atoms with van der Waals surface area (Å²) in [6.45, 7) is 9.46. The molecule has 0 aliphatic heterocycles. The van der Waals surface area contributed by atoms with Gasteiger partial charge in [0.15, 0.2) is 6.10 Å². The molecule has 0 saturated heterocycles. The fourth-order valence-corrected chi connectivity index (χ4v) is 3.37. The first-order valence-corrected chi connectivity index (χ1v) is 10.1. The molecule has 26 heavy (non-hydrogen) atoms. The van der Waals surface area contributed by atoms with Gasteiger partial charge in [-0.05, 0) is 56.2 Å². The van der Waals surface area contributed by atoms with E-state index in [1.165, 1.54) is 32.1 Å². The highest BCUT2D eigenvalue weighted by Crippen LogP contribution is 2.28. The molecule has 2 rings (SSSR count). The molecule has 0 bridgehead atoms. The number of aryl methyl sites for hydroxylation is 1. The fraction of sp³-hybridized carbons (Fsp3) is 0.682. The standard InChI is InChI=1S/C22H35NO3/c1-16(2)20-12-11-17(3)15-21(20)26-18(4)22(24)23-13-8-14-25-19-9-6-5-7-10-19/h11-12,15-16,18-19H,5-10,13-14H2,1-4H3,(H,23,24)/t18-/m0/s1. The Hall–Kier alpha value is -1.55. The maximum absolute atomic E-state index is 12.3. The Kier molecular flexibility index (Phi) is 8.43. The lowest BCUT2D eigenvalue weighted by Gasteiger charge is -2.22. The average molecular weight is 362 g/mol. The second kappa shape index (κ2) is 10.6. The molecule has 1 atom stereocenters. The van der Waals surface area contributed by atoms with Crippen LogP contribution in [0.2, 0.25) is 0 Å². The summed E-state index contributed by atoms with van der Waals surface area (Å²) in [5.41, 5.74) is 2.27. The van der Waals surface area contributed by atoms with Crippen molar-refractivity contribution in [2.75, 3.05) is 13.2 Å². The predicted octanol–water partition coefficient (Wildman–Crippen LogP) is 4.74. The lowest BCUT2D eigenvalue weighted by atomic mass is 9.98. The highest BCUT2D eigenvalue weighted by Gasteiger charge is 2.17. The Bertz CT molecular complexity index is 565. The third kappa shape index (κ3) is 6.64. The number of hydrogen-bond acceptors (Lipinski definition) is 3. The third-order valence-corrected chi connectivity index (χ3v) is 4.99. The van der Waals surface area contributed by atoms with Gasteiger partial charge in [-0.1, -0.05) is 45.2 Å². The number of ether oxygens (including phenoxy) is 2. The summed E-state index contributed by atoms with van der Waals surface area (Å²) in [7, 11) is 0. The van der Waals surface area contributed by atoms with E-state index >= 15 is 0 Å². The first-order valence-electron chi connectivity index (χ1n) is 10.1. The molecule has 0 spiro atoms. The van der Waals surface area contributed by atoms with Crippen LogP contribution < -0.4 is 10.1 Å². The zero-order valence-corrected chi connectivity index (χ0v) is 16.8. The van der Waals surface area contributed by atoms with Gasteiger partial charge in [0.05, 0.1) is 6.10 Å². The van der Waals surface area contributed by atoms with Gasteiger partial charge in [-0.2, -0.15) is 0 Å². The zero-order valence-electron chi connectivity index (χ0n) is 16.8. The topological polar surface area (TPSA) is 47.6 Å². The van der Waals surface area contributed by atoms with E-state index in [0.717, 1.165) is 29.9 Å². The number of nitrogens with one attached hydrogen (secondary N) is 1. The van der Waals surface area contributed by atoms with E-state index < -0.39 is 6.10 Å². The van der Waals surface area contributed by atoms with Crippen LogP contribution in [0.4, 0.5) is 0 Å². The van der Waals surface area contributed by atoms with Crippen LogP contribution in [-0.2, 0) is 9.53 Å². The van der Waals surface area contributed by atoms with Crippen molar-refractivity contribution in [3.8, 4) is 5.75 Å². The van der Waals surface area contributed by atoms with Gasteiger partial charge in [0, 0.05) is 13.2 Å². The quantitative estimate of drug-likeness (QED) is 0.646. The Labute approximate surface area is 158 Å². The van der Waals surface area contributed by atoms with E-state index in [1.54, 1.807) is 6.92 Å². The van der Waals surface area contributed by atoms with Gasteiger partial charge in [-0.25, -0.2) is 0 Å². The number of carbonyl (C=O) groups excluding carboxylic acids is 1. The van der Waals surface area contributed by atoms with Gasteiger partial charge in [0.2, 0.25) is 0 Å². The number of amides is 1. The van der Waals surface area contributed by atoms with Crippen LogP contribution in [0.3, 0.4) is 0 Å². The monoisotopic (exact) mass is 361 g/mol. The van der Waals surface area contributed by atoms with Gasteiger partial charge in [-0.15, -0.1) is 0 Å². The molecule has 4 nitrogen and oxygen atoms in total. The van der Waals surface area contributed by atoms with E-state index in [9.17, 15) is 4.79 Å². The summed E-state index contributed by atoms with van der Waals surface area (Å²) in [5, 5.41) is 2.96. The molecule has 1 aliphatic rings. The van der Waals surface area contributed by atoms with E-state index in [-0.39, 0.29) is 5.91 Å². The maximum atomic E-state index is 12.3. The van der Waals surface area contributed by atoms with Crippen LogP contribution in [0.5, 0.6) is 5.75 Å². The van der Waals surface area contributed by atoms with Crippen molar-refractivity contribution in [1.82, 2.24) is 5.32 Å². The first-order chi connectivity index (χ1) is 12.5. The van der Waals surface area contributed by atoms with Crippen LogP contribution in [-0.4, -0.2) is 31.3 Å². The molecule has 4 heteroatoms. The molecule has 1 amide bonds. The zero-order chi connectivity index (χ0) is 18.9. The highest BCUT2D eigenvalue weighted by molar-refractivity contribution is 5.80. The molecule has 0 aromatic heterocycles. The van der Waals surface area contributed by atoms with Crippen molar-refractivity contribution < 1.29 is 14.3 Å². The van der Waals surface area contributed by atoms with Gasteiger partial charge >= 0.3 is 0 Å². The summed E-state index contributed by atoms with van der Waals surface area (Å²) in [5.74, 6) is 1.10. The highest BCUT2D eigenvalue weighted by atomic mass is 16.5. The second-order valence-electron chi connectivity index (χ2n) is 7.73. The average Bonchev–Trinajstić information content (AvgIpc) is 2.62. The summed E-state index contributed by atoms with van der Waals surface area (Å²) >= 11 is 0. The summed E-state index contributed by atoms with van der Waals surface area (Å²) in [6.07, 6.45) is 7.05. The largest absolute Gasteiger partial charge is 0.481 e. The minimum absolute atomic E-state index is 0.0705. The number of rotatable bonds is 9. The van der Waals surface area contributed by atoms with Crippen molar-refractivity contribution in [3.63, 3.8) is 0 Å². The molecule has 146 valence electrons. The molecule has 1 fully saturated rings. The molecule has 1 saturated carbocycles. The molecule has 1 aromatic carbocycles. The Morgan fingerprint density at radius 2 is 1.92 bits per heavy atom. The first kappa shape index (κ1) is 20.8. The lowest BCUT2D eigenvalue weighted by molar-refractivity contribution is -0.127. The minimum atomic E-state index is -0.506. The van der Waals surface area contributed by atoms with Crippen LogP contribution in [0, 0.1) is 6.92 Å². The Morgan fingerprint density at radius 3 is 2.62 bits per heavy atom. The van der Waals surface area contributed by atoms with Crippen molar-refractivity contribution in [3.05, 3.63) is 29.3 Å². The van der Waals surface area contributed by atoms with Crippen LogP contribution in [0.25, 0.3) is 0 Å². The number of hydrogen-bond donors (Lipinski definition) is 1. The third-order valence-electron chi connectivity index (χ3n) is 4.99. The second-order valence-corrected chi connectivity index (χ2v) is 7.73. The molecule has 0 unspecified atom stereocenters. The van der Waals surface area contributed by atoms with E-state index in [0.29, 0.717) is 18.6 Å². The van der Waals surface area contributed by atoms with Crippen molar-refractivity contribution in [2.45, 2.75) is 84.3 Å². The Balaban J connectivity index is 1.71. The van der Waals surface area contributed by atoms with Crippen LogP contribution >= 0.6 is 0 Å². The van der Waals surface area contributed by atoms with Gasteiger partial charge in [0.25, 0.3) is 5.91 Å². The van der Waals surface area contributed by atoms with Crippen molar-refractivity contribution in [1.29, 1.82) is 0 Å². The maximum Gasteiger partial charge on any atom is 0.260 e. The lowest BCUT2D eigenvalue weighted by Crippen LogP contribution is -2.37. The summed E-state index contributed by atoms with van der Waals surface area (Å²) in [6, 6.07) is 6.18. The minimum Gasteiger partial charge on any atom is -0.481 e. The van der Waals surface area contributed by atoms with E-state index in [2.05, 4.69) is 31.3 Å². The normalized spacial score (nSPS) is 16.5. The SMILES string of the molecule is Cc1ccc(C(C)C)c(O[C@@H](C)C(=O)NCCCOC2CCCCC2)c1. The summed E-state index contributed by atoms with van der Waals surface area (Å²) < 4.78 is 11.9. The van der Waals surface area contributed by atoms with Gasteiger partial charge < -0.3 is 14.8 Å². The molecule has 1 N–H and O–H groups in total. The molecule has 0 radical (unpaired) electrons. The van der Waals surface area contributed by atoms with E-state index in [1.807, 2.05) is 13.0 Å². The van der Waals surface area contributed by atoms with Crippen LogP contribution in [0.15, 0.2) is 18.2 Å².